The fourth-order valence-electron chi connectivity index (χ4n) is 2.81. The molecule has 0 saturated carbocycles. The van der Waals surface area contributed by atoms with Crippen molar-refractivity contribution in [3.63, 3.8) is 0 Å². The van der Waals surface area contributed by atoms with E-state index in [0.717, 1.165) is 22.2 Å². The van der Waals surface area contributed by atoms with Gasteiger partial charge in [0.05, 0.1) is 5.71 Å². The van der Waals surface area contributed by atoms with Crippen molar-refractivity contribution < 1.29 is 0 Å². The van der Waals surface area contributed by atoms with Gasteiger partial charge >= 0.3 is 5.69 Å². The van der Waals surface area contributed by atoms with Gasteiger partial charge in [0.15, 0.2) is 11.2 Å². The summed E-state index contributed by atoms with van der Waals surface area (Å²) >= 11 is 3.42. The number of aryl methyl sites for hydroxylation is 2. The highest BCUT2D eigenvalue weighted by Crippen LogP contribution is 2.18. The average Bonchev–Trinajstić information content (AvgIpc) is 3.02. The third-order valence-corrected chi connectivity index (χ3v) is 5.05. The molecule has 3 rings (SSSR count). The van der Waals surface area contributed by atoms with E-state index >= 15 is 0 Å². The van der Waals surface area contributed by atoms with Gasteiger partial charge in [-0.2, -0.15) is 10.1 Å². The van der Waals surface area contributed by atoms with E-state index in [2.05, 4.69) is 50.3 Å². The largest absolute Gasteiger partial charge is 0.329 e. The molecule has 0 amide bonds. The first-order valence-electron chi connectivity index (χ1n) is 9.03. The van der Waals surface area contributed by atoms with Crippen LogP contribution in [0.2, 0.25) is 0 Å². The number of aromatic amines is 1. The van der Waals surface area contributed by atoms with E-state index in [4.69, 9.17) is 0 Å². The predicted molar refractivity (Wildman–Crippen MR) is 115 cm³/mol. The molecule has 0 unspecified atom stereocenters. The highest BCUT2D eigenvalue weighted by molar-refractivity contribution is 9.10. The number of hydrogen-bond donors (Lipinski definition) is 2. The van der Waals surface area contributed by atoms with Crippen LogP contribution in [0.3, 0.4) is 0 Å². The second kappa shape index (κ2) is 8.14. The third-order valence-electron chi connectivity index (χ3n) is 4.52. The molecule has 3 aromatic rings. The Bertz CT molecular complexity index is 1140. The maximum absolute atomic E-state index is 12.4. The van der Waals surface area contributed by atoms with Crippen molar-refractivity contribution in [2.45, 2.75) is 33.7 Å². The number of imidazole rings is 1. The van der Waals surface area contributed by atoms with Crippen LogP contribution in [-0.4, -0.2) is 24.8 Å². The molecule has 0 bridgehead atoms. The lowest BCUT2D eigenvalue weighted by atomic mass is 10.1. The highest BCUT2D eigenvalue weighted by atomic mass is 79.9. The number of H-pyrrole nitrogens is 1. The number of anilines is 1. The Hall–Kier alpha value is -2.68. The lowest BCUT2D eigenvalue weighted by Gasteiger charge is -2.10. The third kappa shape index (κ3) is 4.09. The van der Waals surface area contributed by atoms with Crippen LogP contribution in [0.15, 0.2) is 43.4 Å². The van der Waals surface area contributed by atoms with Crippen molar-refractivity contribution in [1.29, 1.82) is 0 Å². The summed E-state index contributed by atoms with van der Waals surface area (Å²) in [6.45, 7) is 6.70. The first kappa shape index (κ1) is 20.1. The number of aromatic nitrogens is 4. The number of nitrogens with zero attached hydrogens (tertiary/aromatic N) is 4. The van der Waals surface area contributed by atoms with Crippen molar-refractivity contribution >= 4 is 38.8 Å². The van der Waals surface area contributed by atoms with Gasteiger partial charge in [0.25, 0.3) is 5.56 Å². The van der Waals surface area contributed by atoms with Gasteiger partial charge in [-0.25, -0.2) is 10.2 Å². The molecule has 0 aliphatic carbocycles. The second-order valence-corrected chi connectivity index (χ2v) is 7.99. The summed E-state index contributed by atoms with van der Waals surface area (Å²) in [4.78, 5) is 31.2. The monoisotopic (exact) mass is 446 g/mol. The number of fused-ring (bicyclic) bond motifs is 1. The Kier molecular flexibility index (Phi) is 5.83. The Balaban J connectivity index is 2.05. The molecule has 1 aromatic carbocycles. The summed E-state index contributed by atoms with van der Waals surface area (Å²) < 4.78 is 4.11. The molecule has 2 N–H and O–H groups in total. The van der Waals surface area contributed by atoms with Crippen LogP contribution < -0.4 is 16.7 Å². The van der Waals surface area contributed by atoms with Crippen molar-refractivity contribution in [1.82, 2.24) is 19.1 Å². The van der Waals surface area contributed by atoms with E-state index in [-0.39, 0.29) is 0 Å². The smallest absolute Gasteiger partial charge is 0.303 e. The van der Waals surface area contributed by atoms with E-state index in [1.165, 1.54) is 4.57 Å². The molecule has 9 heteroatoms. The summed E-state index contributed by atoms with van der Waals surface area (Å²) in [5, 5.41) is 4.43. The second-order valence-electron chi connectivity index (χ2n) is 7.08. The topological polar surface area (TPSA) is 97.1 Å². The average molecular weight is 447 g/mol. The first-order valence-corrected chi connectivity index (χ1v) is 9.83. The summed E-state index contributed by atoms with van der Waals surface area (Å²) in [6, 6.07) is 7.81. The van der Waals surface area contributed by atoms with Crippen LogP contribution in [0.5, 0.6) is 0 Å². The molecule has 2 heterocycles. The van der Waals surface area contributed by atoms with Crippen LogP contribution in [0.4, 0.5) is 5.95 Å². The Morgan fingerprint density at radius 3 is 2.61 bits per heavy atom. The van der Waals surface area contributed by atoms with E-state index in [9.17, 15) is 9.59 Å². The molecule has 0 aliphatic rings. The maximum atomic E-state index is 12.4. The molecular formula is C19H23BrN6O2. The van der Waals surface area contributed by atoms with Gasteiger partial charge in [0.2, 0.25) is 5.95 Å². The van der Waals surface area contributed by atoms with Gasteiger partial charge in [-0.15, -0.1) is 0 Å². The SMILES string of the molecule is C/C(=N\Nc1nc2c(c(=O)[nH]c(=O)n2C)n1CCC(C)C)c1ccc(Br)cc1. The van der Waals surface area contributed by atoms with E-state index < -0.39 is 11.2 Å². The van der Waals surface area contributed by atoms with Crippen LogP contribution in [0.1, 0.15) is 32.8 Å². The van der Waals surface area contributed by atoms with Crippen LogP contribution >= 0.6 is 15.9 Å². The van der Waals surface area contributed by atoms with Gasteiger partial charge in [-0.1, -0.05) is 41.9 Å². The summed E-state index contributed by atoms with van der Waals surface area (Å²) in [7, 11) is 1.58. The van der Waals surface area contributed by atoms with Crippen molar-refractivity contribution in [2.75, 3.05) is 5.43 Å². The molecule has 0 radical (unpaired) electrons. The lowest BCUT2D eigenvalue weighted by Crippen LogP contribution is -2.29. The number of rotatable bonds is 6. The minimum atomic E-state index is -0.493. The molecule has 0 aliphatic heterocycles. The van der Waals surface area contributed by atoms with Gasteiger partial charge in [-0.05, 0) is 37.0 Å². The number of benzene rings is 1. The molecule has 28 heavy (non-hydrogen) atoms. The molecule has 2 aromatic heterocycles. The Morgan fingerprint density at radius 2 is 1.96 bits per heavy atom. The fourth-order valence-corrected chi connectivity index (χ4v) is 3.08. The van der Waals surface area contributed by atoms with Crippen molar-refractivity contribution in [2.24, 2.45) is 18.1 Å². The van der Waals surface area contributed by atoms with Crippen molar-refractivity contribution in [3.05, 3.63) is 55.1 Å². The Morgan fingerprint density at radius 1 is 1.29 bits per heavy atom. The zero-order valence-corrected chi connectivity index (χ0v) is 17.9. The molecule has 0 spiro atoms. The molecule has 8 nitrogen and oxygen atoms in total. The molecule has 0 saturated heterocycles. The minimum absolute atomic E-state index is 0.330. The maximum Gasteiger partial charge on any atom is 0.329 e. The molecule has 0 atom stereocenters. The van der Waals surface area contributed by atoms with Gasteiger partial charge in [-0.3, -0.25) is 14.3 Å². The van der Waals surface area contributed by atoms with E-state index in [0.29, 0.717) is 29.6 Å². The standard InChI is InChI=1S/C19H23BrN6O2/c1-11(2)9-10-26-15-16(25(4)19(28)22-17(15)27)21-18(26)24-23-12(3)13-5-7-14(20)8-6-13/h5-8,11H,9-10H2,1-4H3,(H,21,24)(H,22,27,28)/b23-12+. The van der Waals surface area contributed by atoms with Crippen molar-refractivity contribution in [3.8, 4) is 0 Å². The fraction of sp³-hybridized carbons (Fsp3) is 0.368. The normalized spacial score (nSPS) is 12.1. The number of hydrazone groups is 1. The quantitative estimate of drug-likeness (QED) is 0.448. The predicted octanol–water partition coefficient (Wildman–Crippen LogP) is 3.07. The zero-order valence-electron chi connectivity index (χ0n) is 16.3. The first-order chi connectivity index (χ1) is 13.3. The number of nitrogens with one attached hydrogen (secondary N) is 2. The summed E-state index contributed by atoms with van der Waals surface area (Å²) in [6.07, 6.45) is 0.859. The van der Waals surface area contributed by atoms with E-state index in [1.807, 2.05) is 31.2 Å². The molecular weight excluding hydrogens is 424 g/mol. The van der Waals surface area contributed by atoms with Gasteiger partial charge in [0, 0.05) is 18.1 Å². The highest BCUT2D eigenvalue weighted by Gasteiger charge is 2.17. The zero-order chi connectivity index (χ0) is 20.4. The minimum Gasteiger partial charge on any atom is -0.303 e. The molecule has 148 valence electrons. The summed E-state index contributed by atoms with van der Waals surface area (Å²) in [5.74, 6) is 0.878. The lowest BCUT2D eigenvalue weighted by molar-refractivity contribution is 0.524. The number of hydrogen-bond acceptors (Lipinski definition) is 5. The van der Waals surface area contributed by atoms with E-state index in [1.54, 1.807) is 11.6 Å². The van der Waals surface area contributed by atoms with Crippen LogP contribution in [-0.2, 0) is 13.6 Å². The molecule has 0 fully saturated rings. The summed E-state index contributed by atoms with van der Waals surface area (Å²) in [5.41, 5.74) is 4.46. The van der Waals surface area contributed by atoms with Crippen LogP contribution in [0.25, 0.3) is 11.2 Å². The van der Waals surface area contributed by atoms with Crippen LogP contribution in [0, 0.1) is 5.92 Å². The number of halogens is 1. The van der Waals surface area contributed by atoms with Gasteiger partial charge < -0.3 is 4.57 Å². The Labute approximate surface area is 170 Å². The van der Waals surface area contributed by atoms with Gasteiger partial charge in [0.1, 0.15) is 0 Å².